The van der Waals surface area contributed by atoms with Gasteiger partial charge in [0.15, 0.2) is 5.82 Å². The van der Waals surface area contributed by atoms with Gasteiger partial charge in [-0.1, -0.05) is 0 Å². The highest BCUT2D eigenvalue weighted by Gasteiger charge is 2.29. The Morgan fingerprint density at radius 3 is 3.06 bits per heavy atom. The summed E-state index contributed by atoms with van der Waals surface area (Å²) >= 11 is 1.25. The summed E-state index contributed by atoms with van der Waals surface area (Å²) in [6, 6.07) is 2.39. The van der Waals surface area contributed by atoms with Gasteiger partial charge < -0.3 is 15.8 Å². The van der Waals surface area contributed by atoms with Gasteiger partial charge in [-0.3, -0.25) is 0 Å². The van der Waals surface area contributed by atoms with Crippen molar-refractivity contribution >= 4 is 22.4 Å². The molecule has 0 saturated carbocycles. The van der Waals surface area contributed by atoms with Crippen molar-refractivity contribution in [2.75, 3.05) is 17.7 Å². The molecule has 2 rings (SSSR count). The Kier molecular flexibility index (Phi) is 3.22. The first kappa shape index (κ1) is 12.1. The van der Waals surface area contributed by atoms with Crippen molar-refractivity contribution in [3.63, 3.8) is 0 Å². The third-order valence-corrected chi connectivity index (χ3v) is 3.66. The van der Waals surface area contributed by atoms with Crippen molar-refractivity contribution in [3.8, 4) is 6.07 Å². The maximum absolute atomic E-state index is 8.99. The number of ether oxygens (including phenoxy) is 1. The predicted octanol–water partition coefficient (Wildman–Crippen LogP) is 1.97. The second kappa shape index (κ2) is 4.51. The summed E-state index contributed by atoms with van der Waals surface area (Å²) in [5, 5.41) is 13.1. The first-order chi connectivity index (χ1) is 8.02. The number of nitriles is 1. The zero-order valence-corrected chi connectivity index (χ0v) is 10.8. The number of anilines is 2. The number of rotatable bonds is 2. The number of nitrogen functional groups attached to an aromatic ring is 1. The van der Waals surface area contributed by atoms with Crippen molar-refractivity contribution in [3.05, 3.63) is 5.56 Å². The topological polar surface area (TPSA) is 84.0 Å². The van der Waals surface area contributed by atoms with Crippen LogP contribution in [0.1, 0.15) is 32.3 Å². The molecule has 1 aliphatic heterocycles. The third kappa shape index (κ3) is 2.68. The molecule has 3 N–H and O–H groups in total. The van der Waals surface area contributed by atoms with E-state index in [2.05, 4.69) is 29.6 Å². The summed E-state index contributed by atoms with van der Waals surface area (Å²) < 4.78 is 9.65. The van der Waals surface area contributed by atoms with Crippen molar-refractivity contribution in [1.82, 2.24) is 4.37 Å². The minimum atomic E-state index is -0.112. The lowest BCUT2D eigenvalue weighted by Crippen LogP contribution is -2.40. The van der Waals surface area contributed by atoms with Crippen LogP contribution < -0.4 is 11.1 Å². The molecule has 0 aliphatic carbocycles. The highest BCUT2D eigenvalue weighted by atomic mass is 32.1. The molecule has 1 atom stereocenters. The SMILES string of the molecule is CC1(C)CC(Nc2snc(N)c2C#N)CCO1. The Hall–Kier alpha value is -1.32. The molecule has 0 bridgehead atoms. The fraction of sp³-hybridized carbons (Fsp3) is 0.636. The van der Waals surface area contributed by atoms with Gasteiger partial charge in [-0.05, 0) is 38.2 Å². The summed E-state index contributed by atoms with van der Waals surface area (Å²) in [6.45, 7) is 4.89. The van der Waals surface area contributed by atoms with E-state index in [0.29, 0.717) is 17.4 Å². The van der Waals surface area contributed by atoms with Gasteiger partial charge in [0, 0.05) is 12.6 Å². The Labute approximate surface area is 105 Å². The molecule has 1 fully saturated rings. The fourth-order valence-corrected chi connectivity index (χ4v) is 2.79. The van der Waals surface area contributed by atoms with Crippen LogP contribution in [-0.2, 0) is 4.74 Å². The molecule has 1 saturated heterocycles. The molecule has 0 aromatic carbocycles. The van der Waals surface area contributed by atoms with E-state index in [0.717, 1.165) is 24.4 Å². The van der Waals surface area contributed by atoms with Crippen LogP contribution in [0.5, 0.6) is 0 Å². The van der Waals surface area contributed by atoms with Gasteiger partial charge in [0.1, 0.15) is 16.6 Å². The number of nitrogens with zero attached hydrogens (tertiary/aromatic N) is 2. The van der Waals surface area contributed by atoms with Gasteiger partial charge in [0.25, 0.3) is 0 Å². The zero-order valence-electron chi connectivity index (χ0n) is 9.99. The molecule has 0 radical (unpaired) electrons. The molecular weight excluding hydrogens is 236 g/mol. The van der Waals surface area contributed by atoms with E-state index < -0.39 is 0 Å². The van der Waals surface area contributed by atoms with E-state index in [1.165, 1.54) is 11.5 Å². The quantitative estimate of drug-likeness (QED) is 0.840. The van der Waals surface area contributed by atoms with Crippen LogP contribution in [0.4, 0.5) is 10.8 Å². The van der Waals surface area contributed by atoms with E-state index in [1.807, 2.05) is 0 Å². The van der Waals surface area contributed by atoms with Gasteiger partial charge in [0.2, 0.25) is 0 Å². The molecule has 1 aliphatic rings. The molecule has 0 amide bonds. The zero-order chi connectivity index (χ0) is 12.5. The Bertz CT molecular complexity index is 449. The van der Waals surface area contributed by atoms with Crippen LogP contribution in [0.15, 0.2) is 0 Å². The largest absolute Gasteiger partial charge is 0.382 e. The van der Waals surface area contributed by atoms with Crippen molar-refractivity contribution in [1.29, 1.82) is 5.26 Å². The van der Waals surface area contributed by atoms with Crippen molar-refractivity contribution < 1.29 is 4.74 Å². The standard InChI is InChI=1S/C11H16N4OS/c1-11(2)5-7(3-4-16-11)14-10-8(6-12)9(13)15-17-10/h7,14H,3-5H2,1-2H3,(H2,13,15). The summed E-state index contributed by atoms with van der Waals surface area (Å²) in [5.41, 5.74) is 5.97. The van der Waals surface area contributed by atoms with E-state index in [4.69, 9.17) is 15.7 Å². The molecule has 92 valence electrons. The molecular formula is C11H16N4OS. The molecule has 2 heterocycles. The highest BCUT2D eigenvalue weighted by molar-refractivity contribution is 7.10. The third-order valence-electron chi connectivity index (χ3n) is 2.86. The summed E-state index contributed by atoms with van der Waals surface area (Å²) in [7, 11) is 0. The van der Waals surface area contributed by atoms with Crippen molar-refractivity contribution in [2.45, 2.75) is 38.3 Å². The fourth-order valence-electron chi connectivity index (χ4n) is 2.05. The minimum Gasteiger partial charge on any atom is -0.382 e. The van der Waals surface area contributed by atoms with E-state index >= 15 is 0 Å². The molecule has 1 aromatic heterocycles. The Balaban J connectivity index is 2.08. The number of nitrogens with one attached hydrogen (secondary N) is 1. The smallest absolute Gasteiger partial charge is 0.157 e. The summed E-state index contributed by atoms with van der Waals surface area (Å²) in [5.74, 6) is 0.311. The Morgan fingerprint density at radius 2 is 2.41 bits per heavy atom. The molecule has 1 unspecified atom stereocenters. The van der Waals surface area contributed by atoms with Gasteiger partial charge in [0.05, 0.1) is 5.60 Å². The highest BCUT2D eigenvalue weighted by Crippen LogP contribution is 2.31. The lowest BCUT2D eigenvalue weighted by atomic mass is 9.94. The average Bonchev–Trinajstić information content (AvgIpc) is 2.58. The van der Waals surface area contributed by atoms with E-state index in [1.54, 1.807) is 0 Å². The van der Waals surface area contributed by atoms with Crippen molar-refractivity contribution in [2.24, 2.45) is 0 Å². The van der Waals surface area contributed by atoms with E-state index in [-0.39, 0.29) is 5.60 Å². The number of aromatic nitrogens is 1. The van der Waals surface area contributed by atoms with Gasteiger partial charge in [-0.15, -0.1) is 0 Å². The second-order valence-corrected chi connectivity index (χ2v) is 5.60. The van der Waals surface area contributed by atoms with Crippen LogP contribution in [-0.4, -0.2) is 22.6 Å². The van der Waals surface area contributed by atoms with Crippen LogP contribution >= 0.6 is 11.5 Å². The molecule has 5 nitrogen and oxygen atoms in total. The summed E-state index contributed by atoms with van der Waals surface area (Å²) in [4.78, 5) is 0. The van der Waals surface area contributed by atoms with Crippen LogP contribution in [0.25, 0.3) is 0 Å². The molecule has 6 heteroatoms. The normalized spacial score (nSPS) is 23.0. The maximum atomic E-state index is 8.99. The number of hydrogen-bond donors (Lipinski definition) is 2. The molecule has 0 spiro atoms. The van der Waals surface area contributed by atoms with Crippen LogP contribution in [0, 0.1) is 11.3 Å². The number of hydrogen-bond acceptors (Lipinski definition) is 6. The monoisotopic (exact) mass is 252 g/mol. The number of nitrogens with two attached hydrogens (primary N) is 1. The van der Waals surface area contributed by atoms with E-state index in [9.17, 15) is 0 Å². The first-order valence-corrected chi connectivity index (χ1v) is 6.35. The molecule has 17 heavy (non-hydrogen) atoms. The second-order valence-electron chi connectivity index (χ2n) is 4.83. The maximum Gasteiger partial charge on any atom is 0.157 e. The average molecular weight is 252 g/mol. The Morgan fingerprint density at radius 1 is 1.65 bits per heavy atom. The van der Waals surface area contributed by atoms with Gasteiger partial charge >= 0.3 is 0 Å². The minimum absolute atomic E-state index is 0.112. The predicted molar refractivity (Wildman–Crippen MR) is 67.9 cm³/mol. The molecule has 1 aromatic rings. The first-order valence-electron chi connectivity index (χ1n) is 5.57. The van der Waals surface area contributed by atoms with Crippen LogP contribution in [0.3, 0.4) is 0 Å². The van der Waals surface area contributed by atoms with Gasteiger partial charge in [-0.2, -0.15) is 9.64 Å². The lowest BCUT2D eigenvalue weighted by molar-refractivity contribution is -0.0552. The van der Waals surface area contributed by atoms with Crippen LogP contribution in [0.2, 0.25) is 0 Å². The summed E-state index contributed by atoms with van der Waals surface area (Å²) in [6.07, 6.45) is 1.85. The lowest BCUT2D eigenvalue weighted by Gasteiger charge is -2.35. The van der Waals surface area contributed by atoms with Gasteiger partial charge in [-0.25, -0.2) is 0 Å².